The van der Waals surface area contributed by atoms with Crippen LogP contribution in [0.3, 0.4) is 0 Å². The first kappa shape index (κ1) is 26.6. The van der Waals surface area contributed by atoms with Crippen LogP contribution < -0.4 is 19.0 Å². The molecule has 5 rings (SSSR count). The molecule has 0 radical (unpaired) electrons. The van der Waals surface area contributed by atoms with Crippen molar-refractivity contribution in [2.75, 3.05) is 12.1 Å². The summed E-state index contributed by atoms with van der Waals surface area (Å²) in [6, 6.07) is 14.9. The van der Waals surface area contributed by atoms with E-state index in [4.69, 9.17) is 25.3 Å². The van der Waals surface area contributed by atoms with E-state index in [1.807, 2.05) is 0 Å². The average Bonchev–Trinajstić information content (AvgIpc) is 3.44. The minimum Gasteiger partial charge on any atom is -0.454 e. The first-order chi connectivity index (χ1) is 18.6. The molecule has 0 aromatic heterocycles. The van der Waals surface area contributed by atoms with Crippen molar-refractivity contribution < 1.29 is 36.5 Å². The Morgan fingerprint density at radius 3 is 2.51 bits per heavy atom. The minimum atomic E-state index is -4.25. The van der Waals surface area contributed by atoms with E-state index >= 15 is 0 Å². The van der Waals surface area contributed by atoms with Crippen LogP contribution in [0.15, 0.2) is 70.5 Å². The predicted molar refractivity (Wildman–Crippen MR) is 144 cm³/mol. The second kappa shape index (κ2) is 10.6. The average molecular weight is 587 g/mol. The molecule has 1 saturated heterocycles. The number of carbonyl (C=O) groups is 3. The first-order valence-electron chi connectivity index (χ1n) is 11.4. The van der Waals surface area contributed by atoms with Crippen molar-refractivity contribution in [2.24, 2.45) is 0 Å². The SMILES string of the molecule is CC(=O)Nc1ccc(S(=O)(=O)Oc2ccccc2/C=C2\SC(=O)N(Cc3cc4c(cc3Cl)OCO4)C2=O)cc1. The number of ether oxygens (including phenoxy) is 2. The van der Waals surface area contributed by atoms with Crippen molar-refractivity contribution >= 4 is 62.3 Å². The van der Waals surface area contributed by atoms with E-state index in [1.165, 1.54) is 43.3 Å². The number of para-hydroxylation sites is 1. The molecule has 0 saturated carbocycles. The molecule has 39 heavy (non-hydrogen) atoms. The predicted octanol–water partition coefficient (Wildman–Crippen LogP) is 5.03. The number of carbonyl (C=O) groups excluding carboxylic acids is 3. The van der Waals surface area contributed by atoms with Crippen LogP contribution in [0.25, 0.3) is 6.08 Å². The fourth-order valence-corrected chi connectivity index (χ4v) is 5.77. The number of amides is 3. The van der Waals surface area contributed by atoms with E-state index in [0.29, 0.717) is 39.5 Å². The zero-order valence-corrected chi connectivity index (χ0v) is 22.6. The summed E-state index contributed by atoms with van der Waals surface area (Å²) in [7, 11) is -4.25. The van der Waals surface area contributed by atoms with Crippen molar-refractivity contribution in [2.45, 2.75) is 18.4 Å². The summed E-state index contributed by atoms with van der Waals surface area (Å²) in [5, 5.41) is 2.36. The highest BCUT2D eigenvalue weighted by Gasteiger charge is 2.36. The Morgan fingerprint density at radius 1 is 1.10 bits per heavy atom. The van der Waals surface area contributed by atoms with Crippen LogP contribution in [0.1, 0.15) is 18.1 Å². The second-order valence-corrected chi connectivity index (χ2v) is 11.3. The molecule has 0 spiro atoms. The highest BCUT2D eigenvalue weighted by molar-refractivity contribution is 8.18. The van der Waals surface area contributed by atoms with Crippen LogP contribution in [0, 0.1) is 0 Å². The van der Waals surface area contributed by atoms with Crippen LogP contribution in [0.2, 0.25) is 5.02 Å². The van der Waals surface area contributed by atoms with E-state index < -0.39 is 21.3 Å². The van der Waals surface area contributed by atoms with Gasteiger partial charge in [0.1, 0.15) is 10.6 Å². The van der Waals surface area contributed by atoms with Crippen molar-refractivity contribution in [3.05, 3.63) is 81.7 Å². The largest absolute Gasteiger partial charge is 0.454 e. The smallest absolute Gasteiger partial charge is 0.339 e. The molecule has 1 fully saturated rings. The van der Waals surface area contributed by atoms with Crippen LogP contribution >= 0.6 is 23.4 Å². The summed E-state index contributed by atoms with van der Waals surface area (Å²) in [5.74, 6) is 0.0557. The van der Waals surface area contributed by atoms with Gasteiger partial charge in [0.2, 0.25) is 12.7 Å². The Morgan fingerprint density at radius 2 is 1.79 bits per heavy atom. The molecule has 13 heteroatoms. The molecule has 2 aliphatic rings. The van der Waals surface area contributed by atoms with E-state index in [-0.39, 0.29) is 40.4 Å². The molecule has 1 N–H and O–H groups in total. The number of imide groups is 1. The number of nitrogens with one attached hydrogen (secondary N) is 1. The van der Waals surface area contributed by atoms with Gasteiger partial charge in [-0.3, -0.25) is 19.3 Å². The molecule has 200 valence electrons. The molecule has 3 amide bonds. The number of fused-ring (bicyclic) bond motifs is 1. The Labute approximate surface area is 232 Å². The molecule has 0 aliphatic carbocycles. The molecule has 0 bridgehead atoms. The highest BCUT2D eigenvalue weighted by atomic mass is 35.5. The van der Waals surface area contributed by atoms with E-state index in [2.05, 4.69) is 5.32 Å². The lowest BCUT2D eigenvalue weighted by Crippen LogP contribution is -2.27. The molecule has 3 aromatic carbocycles. The van der Waals surface area contributed by atoms with Crippen LogP contribution in [-0.2, 0) is 26.3 Å². The zero-order chi connectivity index (χ0) is 27.7. The molecule has 0 unspecified atom stereocenters. The topological polar surface area (TPSA) is 128 Å². The standard InChI is InChI=1S/C26H19ClN2O8S2/c1-15(30)28-18-6-8-19(9-7-18)39(33,34)37-21-5-3-2-4-16(21)11-24-25(31)29(26(32)38-24)13-17-10-22-23(12-20(17)27)36-14-35-22/h2-12H,13-14H2,1H3,(H,28,30)/b24-11-. The maximum absolute atomic E-state index is 13.1. The Balaban J connectivity index is 1.36. The Hall–Kier alpha value is -4.00. The molecule has 3 aromatic rings. The van der Waals surface area contributed by atoms with Crippen LogP contribution in [-0.4, -0.2) is 37.2 Å². The number of nitrogens with zero attached hydrogens (tertiary/aromatic N) is 1. The fourth-order valence-electron chi connectivity index (χ4n) is 3.78. The molecular weight excluding hydrogens is 568 g/mol. The number of hydrogen-bond acceptors (Lipinski definition) is 9. The maximum Gasteiger partial charge on any atom is 0.339 e. The zero-order valence-electron chi connectivity index (χ0n) is 20.2. The fraction of sp³-hybridized carbons (Fsp3) is 0.115. The van der Waals surface area contributed by atoms with Gasteiger partial charge in [-0.15, -0.1) is 0 Å². The third kappa shape index (κ3) is 5.72. The summed E-state index contributed by atoms with van der Waals surface area (Å²) in [6.07, 6.45) is 1.40. The number of benzene rings is 3. The van der Waals surface area contributed by atoms with Gasteiger partial charge in [0.05, 0.1) is 11.4 Å². The van der Waals surface area contributed by atoms with Gasteiger partial charge < -0.3 is 19.0 Å². The van der Waals surface area contributed by atoms with Gasteiger partial charge in [0, 0.05) is 29.3 Å². The monoisotopic (exact) mass is 586 g/mol. The lowest BCUT2D eigenvalue weighted by Gasteiger charge is -2.14. The molecule has 2 aliphatic heterocycles. The summed E-state index contributed by atoms with van der Waals surface area (Å²) >= 11 is 7.03. The quantitative estimate of drug-likeness (QED) is 0.299. The molecule has 0 atom stereocenters. The third-order valence-electron chi connectivity index (χ3n) is 5.61. The van der Waals surface area contributed by atoms with E-state index in [1.54, 1.807) is 30.3 Å². The van der Waals surface area contributed by atoms with Crippen molar-refractivity contribution in [1.29, 1.82) is 0 Å². The molecule has 2 heterocycles. The normalized spacial score (nSPS) is 15.6. The number of rotatable bonds is 7. The van der Waals surface area contributed by atoms with Crippen LogP contribution in [0.4, 0.5) is 10.5 Å². The van der Waals surface area contributed by atoms with Gasteiger partial charge in [-0.25, -0.2) is 0 Å². The minimum absolute atomic E-state index is 0.0333. The third-order valence-corrected chi connectivity index (χ3v) is 8.12. The number of halogens is 1. The van der Waals surface area contributed by atoms with Crippen LogP contribution in [0.5, 0.6) is 17.2 Å². The maximum atomic E-state index is 13.1. The van der Waals surface area contributed by atoms with Gasteiger partial charge >= 0.3 is 10.1 Å². The van der Waals surface area contributed by atoms with E-state index in [9.17, 15) is 22.8 Å². The summed E-state index contributed by atoms with van der Waals surface area (Å²) in [6.45, 7) is 1.31. The lowest BCUT2D eigenvalue weighted by atomic mass is 10.1. The van der Waals surface area contributed by atoms with E-state index in [0.717, 1.165) is 4.90 Å². The lowest BCUT2D eigenvalue weighted by molar-refractivity contribution is -0.123. The van der Waals surface area contributed by atoms with Gasteiger partial charge in [-0.05, 0) is 59.8 Å². The second-order valence-electron chi connectivity index (χ2n) is 8.35. The van der Waals surface area contributed by atoms with Gasteiger partial charge in [0.25, 0.3) is 11.1 Å². The first-order valence-corrected chi connectivity index (χ1v) is 14.0. The Kier molecular flexibility index (Phi) is 7.25. The van der Waals surface area contributed by atoms with Crippen molar-refractivity contribution in [1.82, 2.24) is 4.90 Å². The summed E-state index contributed by atoms with van der Waals surface area (Å²) < 4.78 is 41.8. The van der Waals surface area contributed by atoms with Gasteiger partial charge in [-0.1, -0.05) is 29.8 Å². The molecular formula is C26H19ClN2O8S2. The van der Waals surface area contributed by atoms with Gasteiger partial charge in [0.15, 0.2) is 11.5 Å². The van der Waals surface area contributed by atoms with Crippen molar-refractivity contribution in [3.63, 3.8) is 0 Å². The van der Waals surface area contributed by atoms with Crippen molar-refractivity contribution in [3.8, 4) is 17.2 Å². The summed E-state index contributed by atoms with van der Waals surface area (Å²) in [5.41, 5.74) is 1.21. The number of anilines is 1. The number of thioether (sulfide) groups is 1. The Bertz CT molecular complexity index is 1640. The molecule has 10 nitrogen and oxygen atoms in total. The summed E-state index contributed by atoms with van der Waals surface area (Å²) in [4.78, 5) is 38.0. The van der Waals surface area contributed by atoms with Gasteiger partial charge in [-0.2, -0.15) is 8.42 Å². The number of hydrogen-bond donors (Lipinski definition) is 1. The highest BCUT2D eigenvalue weighted by Crippen LogP contribution is 2.40.